The van der Waals surface area contributed by atoms with E-state index in [1.807, 2.05) is 6.92 Å². The van der Waals surface area contributed by atoms with E-state index in [1.54, 1.807) is 12.1 Å². The average molecular weight is 418 g/mol. The van der Waals surface area contributed by atoms with Gasteiger partial charge < -0.3 is 10.6 Å². The molecule has 1 heterocycles. The fraction of sp³-hybridized carbons (Fsp3) is 0.368. The van der Waals surface area contributed by atoms with Crippen molar-refractivity contribution in [1.82, 2.24) is 10.3 Å². The minimum Gasteiger partial charge on any atom is -0.338 e. The summed E-state index contributed by atoms with van der Waals surface area (Å²) in [7, 11) is 0. The van der Waals surface area contributed by atoms with Crippen LogP contribution < -0.4 is 10.6 Å². The van der Waals surface area contributed by atoms with Crippen LogP contribution in [-0.2, 0) is 11.8 Å². The van der Waals surface area contributed by atoms with Gasteiger partial charge in [0.15, 0.2) is 5.67 Å². The van der Waals surface area contributed by atoms with Crippen molar-refractivity contribution in [3.63, 3.8) is 0 Å². The van der Waals surface area contributed by atoms with Crippen LogP contribution in [0.2, 0.25) is 5.02 Å². The van der Waals surface area contributed by atoms with E-state index in [4.69, 9.17) is 11.6 Å². The summed E-state index contributed by atoms with van der Waals surface area (Å²) in [5.41, 5.74) is -2.29. The standard InChI is InChI=1S/C19H20ClF4N3O/c1-2-9-18(21,16-15(20)4-3-11-25-16)10-12-26-17(28)27-14-7-5-13(6-8-14)19(22,23)24/h3-8,11H,2,9-10,12H2,1H3,(H2,26,27,28). The predicted octanol–water partition coefficient (Wildman–Crippen LogP) is 5.93. The maximum Gasteiger partial charge on any atom is 0.416 e. The molecule has 0 radical (unpaired) electrons. The van der Waals surface area contributed by atoms with Crippen LogP contribution in [0.25, 0.3) is 0 Å². The number of rotatable bonds is 7. The second kappa shape index (κ2) is 9.23. The highest BCUT2D eigenvalue weighted by Gasteiger charge is 2.34. The summed E-state index contributed by atoms with van der Waals surface area (Å²) in [6, 6.07) is 6.54. The minimum absolute atomic E-state index is 0.00410. The number of benzene rings is 1. The van der Waals surface area contributed by atoms with Crippen molar-refractivity contribution in [3.05, 3.63) is 58.9 Å². The maximum atomic E-state index is 15.4. The third-order valence-corrected chi connectivity index (χ3v) is 4.41. The highest BCUT2D eigenvalue weighted by atomic mass is 35.5. The van der Waals surface area contributed by atoms with Crippen LogP contribution in [0.15, 0.2) is 42.6 Å². The van der Waals surface area contributed by atoms with Crippen molar-refractivity contribution >= 4 is 23.3 Å². The van der Waals surface area contributed by atoms with Crippen molar-refractivity contribution in [2.24, 2.45) is 0 Å². The Morgan fingerprint density at radius 1 is 1.11 bits per heavy atom. The number of nitrogens with zero attached hydrogens (tertiary/aromatic N) is 1. The lowest BCUT2D eigenvalue weighted by Gasteiger charge is -2.25. The third-order valence-electron chi connectivity index (χ3n) is 4.11. The number of hydrogen-bond donors (Lipinski definition) is 2. The Balaban J connectivity index is 1.93. The van der Waals surface area contributed by atoms with Crippen molar-refractivity contribution < 1.29 is 22.4 Å². The van der Waals surface area contributed by atoms with E-state index >= 15 is 4.39 Å². The van der Waals surface area contributed by atoms with Crippen LogP contribution in [-0.4, -0.2) is 17.6 Å². The molecule has 0 saturated carbocycles. The zero-order valence-corrected chi connectivity index (χ0v) is 15.9. The Labute approximate surface area is 165 Å². The van der Waals surface area contributed by atoms with Gasteiger partial charge in [-0.25, -0.2) is 9.18 Å². The van der Waals surface area contributed by atoms with Crippen LogP contribution in [0.5, 0.6) is 0 Å². The summed E-state index contributed by atoms with van der Waals surface area (Å²) in [4.78, 5) is 16.0. The Hall–Kier alpha value is -2.35. The number of halogens is 5. The van der Waals surface area contributed by atoms with Crippen molar-refractivity contribution in [1.29, 1.82) is 0 Å². The molecular formula is C19H20ClF4N3O. The summed E-state index contributed by atoms with van der Waals surface area (Å²) in [5.74, 6) is 0. The first-order valence-electron chi connectivity index (χ1n) is 8.68. The average Bonchev–Trinajstić information content (AvgIpc) is 2.62. The van der Waals surface area contributed by atoms with Crippen molar-refractivity contribution in [2.45, 2.75) is 38.0 Å². The molecule has 2 rings (SSSR count). The highest BCUT2D eigenvalue weighted by Crippen LogP contribution is 2.37. The number of amides is 2. The summed E-state index contributed by atoms with van der Waals surface area (Å²) in [6.45, 7) is 1.83. The number of alkyl halides is 4. The number of nitrogens with one attached hydrogen (secondary N) is 2. The highest BCUT2D eigenvalue weighted by molar-refractivity contribution is 6.31. The number of anilines is 1. The Kier molecular flexibility index (Phi) is 7.23. The SMILES string of the molecule is CCCC(F)(CCNC(=O)Nc1ccc(C(F)(F)F)cc1)c1ncccc1Cl. The van der Waals surface area contributed by atoms with E-state index < -0.39 is 23.4 Å². The maximum absolute atomic E-state index is 15.4. The van der Waals surface area contributed by atoms with Crippen LogP contribution in [0, 0.1) is 0 Å². The predicted molar refractivity (Wildman–Crippen MR) is 100 cm³/mol. The molecule has 0 fully saturated rings. The van der Waals surface area contributed by atoms with E-state index in [0.29, 0.717) is 6.42 Å². The Morgan fingerprint density at radius 2 is 1.79 bits per heavy atom. The number of hydrogen-bond acceptors (Lipinski definition) is 2. The van der Waals surface area contributed by atoms with Crippen LogP contribution in [0.1, 0.15) is 37.4 Å². The summed E-state index contributed by atoms with van der Waals surface area (Å²) in [5, 5.41) is 5.12. The number of carbonyl (C=O) groups excluding carboxylic acids is 1. The van der Waals surface area contributed by atoms with Gasteiger partial charge in [-0.15, -0.1) is 0 Å². The zero-order valence-electron chi connectivity index (χ0n) is 15.1. The molecule has 2 amide bonds. The molecule has 0 spiro atoms. The smallest absolute Gasteiger partial charge is 0.338 e. The van der Waals surface area contributed by atoms with Gasteiger partial charge in [0.25, 0.3) is 0 Å². The number of urea groups is 1. The molecule has 2 N–H and O–H groups in total. The molecule has 4 nitrogen and oxygen atoms in total. The van der Waals surface area contributed by atoms with Gasteiger partial charge in [0.2, 0.25) is 0 Å². The van der Waals surface area contributed by atoms with Gasteiger partial charge in [0, 0.05) is 24.8 Å². The Bertz CT molecular complexity index is 799. The topological polar surface area (TPSA) is 54.0 Å². The second-order valence-electron chi connectivity index (χ2n) is 6.26. The third kappa shape index (κ3) is 5.82. The molecule has 9 heteroatoms. The lowest BCUT2D eigenvalue weighted by atomic mass is 9.91. The minimum atomic E-state index is -4.45. The molecule has 0 bridgehead atoms. The lowest BCUT2D eigenvalue weighted by Crippen LogP contribution is -2.34. The van der Waals surface area contributed by atoms with Gasteiger partial charge in [-0.1, -0.05) is 24.9 Å². The van der Waals surface area contributed by atoms with Gasteiger partial charge >= 0.3 is 12.2 Å². The van der Waals surface area contributed by atoms with Gasteiger partial charge in [-0.2, -0.15) is 13.2 Å². The van der Waals surface area contributed by atoms with Crippen LogP contribution >= 0.6 is 11.6 Å². The van der Waals surface area contributed by atoms with Gasteiger partial charge in [-0.05, 0) is 42.8 Å². The molecule has 0 aliphatic carbocycles. The van der Waals surface area contributed by atoms with Gasteiger partial charge in [0.1, 0.15) is 0 Å². The molecule has 0 aliphatic heterocycles. The first-order valence-corrected chi connectivity index (χ1v) is 9.05. The van der Waals surface area contributed by atoms with Crippen LogP contribution in [0.4, 0.5) is 28.0 Å². The lowest BCUT2D eigenvalue weighted by molar-refractivity contribution is -0.137. The molecule has 1 aromatic carbocycles. The molecule has 28 heavy (non-hydrogen) atoms. The van der Waals surface area contributed by atoms with E-state index in [9.17, 15) is 18.0 Å². The Morgan fingerprint density at radius 3 is 2.36 bits per heavy atom. The fourth-order valence-electron chi connectivity index (χ4n) is 2.77. The quantitative estimate of drug-likeness (QED) is 0.548. The van der Waals surface area contributed by atoms with Crippen molar-refractivity contribution in [3.8, 4) is 0 Å². The van der Waals surface area contributed by atoms with Crippen molar-refractivity contribution in [2.75, 3.05) is 11.9 Å². The summed E-state index contributed by atoms with van der Waals surface area (Å²) in [6.07, 6.45) is -2.29. The zero-order chi connectivity index (χ0) is 20.8. The van der Waals surface area contributed by atoms with Crippen LogP contribution in [0.3, 0.4) is 0 Å². The summed E-state index contributed by atoms with van der Waals surface area (Å²) >= 11 is 6.06. The second-order valence-corrected chi connectivity index (χ2v) is 6.66. The molecule has 1 aromatic heterocycles. The molecule has 152 valence electrons. The number of aromatic nitrogens is 1. The first-order chi connectivity index (χ1) is 13.2. The van der Waals surface area contributed by atoms with E-state index in [2.05, 4.69) is 15.6 Å². The number of pyridine rings is 1. The molecule has 2 aromatic rings. The summed E-state index contributed by atoms with van der Waals surface area (Å²) < 4.78 is 53.0. The molecule has 0 saturated heterocycles. The van der Waals surface area contributed by atoms with E-state index in [-0.39, 0.29) is 35.8 Å². The van der Waals surface area contributed by atoms with Gasteiger partial charge in [0.05, 0.1) is 16.3 Å². The van der Waals surface area contributed by atoms with Gasteiger partial charge in [-0.3, -0.25) is 4.98 Å². The monoisotopic (exact) mass is 417 g/mol. The fourth-order valence-corrected chi connectivity index (χ4v) is 3.06. The number of carbonyl (C=O) groups is 1. The van der Waals surface area contributed by atoms with E-state index in [1.165, 1.54) is 6.20 Å². The molecular weight excluding hydrogens is 398 g/mol. The molecule has 1 atom stereocenters. The first kappa shape index (κ1) is 21.9. The molecule has 0 aliphatic rings. The molecule has 1 unspecified atom stereocenters. The normalized spacial score (nSPS) is 13.6. The van der Waals surface area contributed by atoms with E-state index in [0.717, 1.165) is 24.3 Å². The largest absolute Gasteiger partial charge is 0.416 e.